The summed E-state index contributed by atoms with van der Waals surface area (Å²) in [5.41, 5.74) is 2.47. The van der Waals surface area contributed by atoms with E-state index in [1.165, 1.54) is 18.9 Å². The summed E-state index contributed by atoms with van der Waals surface area (Å²) in [6, 6.07) is 22.9. The lowest BCUT2D eigenvalue weighted by atomic mass is 10.2. The minimum atomic E-state index is -0.666. The first-order valence-electron chi connectivity index (χ1n) is 10.8. The van der Waals surface area contributed by atoms with Crippen molar-refractivity contribution >= 4 is 57.7 Å². The van der Waals surface area contributed by atoms with Crippen molar-refractivity contribution in [1.82, 2.24) is 4.90 Å². The van der Waals surface area contributed by atoms with Gasteiger partial charge in [-0.15, -0.1) is 0 Å². The molecule has 0 unspecified atom stereocenters. The minimum Gasteiger partial charge on any atom is -0.465 e. The number of rotatable bonds is 6. The summed E-state index contributed by atoms with van der Waals surface area (Å²) in [6.07, 6.45) is 0.0310. The van der Waals surface area contributed by atoms with Gasteiger partial charge in [-0.3, -0.25) is 14.5 Å². The van der Waals surface area contributed by atoms with Gasteiger partial charge in [-0.25, -0.2) is 9.79 Å². The number of methoxy groups -OCH3 is 1. The molecule has 0 aromatic heterocycles. The van der Waals surface area contributed by atoms with Crippen LogP contribution in [0, 0.1) is 0 Å². The van der Waals surface area contributed by atoms with Crippen LogP contribution in [0.15, 0.2) is 83.9 Å². The van der Waals surface area contributed by atoms with E-state index in [1.807, 2.05) is 30.3 Å². The first kappa shape index (κ1) is 24.5. The molecule has 0 spiro atoms. The van der Waals surface area contributed by atoms with E-state index in [0.717, 1.165) is 5.56 Å². The van der Waals surface area contributed by atoms with E-state index >= 15 is 0 Å². The Balaban J connectivity index is 1.55. The molecule has 1 aliphatic heterocycles. The number of carbonyl (C=O) groups excluding carboxylic acids is 3. The fourth-order valence-electron chi connectivity index (χ4n) is 3.42. The molecule has 0 radical (unpaired) electrons. The van der Waals surface area contributed by atoms with Gasteiger partial charge in [-0.05, 0) is 54.1 Å². The molecule has 3 aromatic carbocycles. The molecule has 1 saturated heterocycles. The Morgan fingerprint density at radius 3 is 2.40 bits per heavy atom. The molecule has 7 nitrogen and oxygen atoms in total. The van der Waals surface area contributed by atoms with Gasteiger partial charge in [0.15, 0.2) is 5.17 Å². The highest BCUT2D eigenvalue weighted by atomic mass is 35.5. The van der Waals surface area contributed by atoms with Crippen molar-refractivity contribution in [2.24, 2.45) is 4.99 Å². The number of hydrogen-bond acceptors (Lipinski definition) is 6. The third-order valence-electron chi connectivity index (χ3n) is 5.24. The molecule has 1 N–H and O–H groups in total. The van der Waals surface area contributed by atoms with E-state index in [-0.39, 0.29) is 18.2 Å². The molecule has 9 heteroatoms. The number of esters is 1. The zero-order valence-corrected chi connectivity index (χ0v) is 20.4. The van der Waals surface area contributed by atoms with Gasteiger partial charge in [0.1, 0.15) is 5.25 Å². The van der Waals surface area contributed by atoms with Crippen LogP contribution in [0.5, 0.6) is 0 Å². The average molecular weight is 508 g/mol. The Hall–Kier alpha value is -3.62. The van der Waals surface area contributed by atoms with E-state index in [4.69, 9.17) is 16.3 Å². The second-order valence-corrected chi connectivity index (χ2v) is 9.31. The first-order valence-corrected chi connectivity index (χ1v) is 12.0. The SMILES string of the molecule is COC(=O)c1ccc(NC(=O)[C@@H]2CC(=O)N(Cc3ccccc3)C(=Nc3ccc(Cl)cc3)S2)cc1. The Labute approximate surface area is 212 Å². The molecule has 0 bridgehead atoms. The van der Waals surface area contributed by atoms with Crippen LogP contribution in [0.2, 0.25) is 5.02 Å². The molecule has 1 fully saturated rings. The van der Waals surface area contributed by atoms with E-state index in [9.17, 15) is 14.4 Å². The zero-order valence-electron chi connectivity index (χ0n) is 18.8. The Morgan fingerprint density at radius 1 is 1.06 bits per heavy atom. The van der Waals surface area contributed by atoms with Crippen LogP contribution >= 0.6 is 23.4 Å². The van der Waals surface area contributed by atoms with Crippen molar-refractivity contribution in [3.63, 3.8) is 0 Å². The maximum absolute atomic E-state index is 13.2. The van der Waals surface area contributed by atoms with Gasteiger partial charge in [0, 0.05) is 17.1 Å². The monoisotopic (exact) mass is 507 g/mol. The fraction of sp³-hybridized carbons (Fsp3) is 0.154. The lowest BCUT2D eigenvalue weighted by molar-refractivity contribution is -0.129. The Morgan fingerprint density at radius 2 is 1.74 bits per heavy atom. The zero-order chi connectivity index (χ0) is 24.8. The van der Waals surface area contributed by atoms with Crippen LogP contribution in [0.25, 0.3) is 0 Å². The predicted octanol–water partition coefficient (Wildman–Crippen LogP) is 5.29. The standard InChI is InChI=1S/C26H22ClN3O4S/c1-34-25(33)18-7-11-20(12-8-18)28-24(32)22-15-23(31)30(16-17-5-3-2-4-6-17)26(35-22)29-21-13-9-19(27)10-14-21/h2-14,22H,15-16H2,1H3,(H,28,32)/t22-/m0/s1. The Kier molecular flexibility index (Phi) is 7.84. The van der Waals surface area contributed by atoms with E-state index < -0.39 is 11.2 Å². The number of ether oxygens (including phenoxy) is 1. The molecule has 0 saturated carbocycles. The molecule has 1 aliphatic rings. The van der Waals surface area contributed by atoms with E-state index in [1.54, 1.807) is 53.4 Å². The highest BCUT2D eigenvalue weighted by molar-refractivity contribution is 8.15. The van der Waals surface area contributed by atoms with Crippen molar-refractivity contribution < 1.29 is 19.1 Å². The molecule has 1 heterocycles. The fourth-order valence-corrected chi connectivity index (χ4v) is 4.64. The molecule has 2 amide bonds. The summed E-state index contributed by atoms with van der Waals surface area (Å²) in [5.74, 6) is -0.975. The van der Waals surface area contributed by atoms with Gasteiger partial charge in [-0.2, -0.15) is 0 Å². The number of benzene rings is 3. The lowest BCUT2D eigenvalue weighted by Gasteiger charge is -2.32. The number of carbonyl (C=O) groups is 3. The van der Waals surface area contributed by atoms with Crippen molar-refractivity contribution in [3.8, 4) is 0 Å². The number of amidine groups is 1. The van der Waals surface area contributed by atoms with Gasteiger partial charge in [-0.1, -0.05) is 53.7 Å². The van der Waals surface area contributed by atoms with Crippen molar-refractivity contribution in [3.05, 3.63) is 95.0 Å². The van der Waals surface area contributed by atoms with Crippen molar-refractivity contribution in [2.45, 2.75) is 18.2 Å². The number of amides is 2. The smallest absolute Gasteiger partial charge is 0.337 e. The summed E-state index contributed by atoms with van der Waals surface area (Å²) in [6.45, 7) is 0.350. The maximum atomic E-state index is 13.2. The van der Waals surface area contributed by atoms with E-state index in [2.05, 4.69) is 10.3 Å². The minimum absolute atomic E-state index is 0.0310. The molecule has 1 atom stereocenters. The third kappa shape index (κ3) is 6.29. The number of halogens is 1. The summed E-state index contributed by atoms with van der Waals surface area (Å²) in [4.78, 5) is 44.1. The maximum Gasteiger partial charge on any atom is 0.337 e. The molecule has 35 heavy (non-hydrogen) atoms. The number of nitrogens with zero attached hydrogens (tertiary/aromatic N) is 2. The third-order valence-corrected chi connectivity index (χ3v) is 6.68. The van der Waals surface area contributed by atoms with E-state index in [0.29, 0.717) is 33.7 Å². The largest absolute Gasteiger partial charge is 0.465 e. The molecular formula is C26H22ClN3O4S. The summed E-state index contributed by atoms with van der Waals surface area (Å²) < 4.78 is 4.69. The topological polar surface area (TPSA) is 88.1 Å². The first-order chi connectivity index (χ1) is 16.9. The molecule has 0 aliphatic carbocycles. The number of hydrogen-bond donors (Lipinski definition) is 1. The molecule has 178 valence electrons. The van der Waals surface area contributed by atoms with Gasteiger partial charge >= 0.3 is 5.97 Å². The van der Waals surface area contributed by atoms with Crippen molar-refractivity contribution in [1.29, 1.82) is 0 Å². The average Bonchev–Trinajstić information content (AvgIpc) is 2.87. The predicted molar refractivity (Wildman–Crippen MR) is 138 cm³/mol. The van der Waals surface area contributed by atoms with Crippen LogP contribution in [-0.4, -0.2) is 40.2 Å². The second-order valence-electron chi connectivity index (χ2n) is 7.71. The van der Waals surface area contributed by atoms with Crippen LogP contribution in [-0.2, 0) is 20.9 Å². The van der Waals surface area contributed by atoms with Crippen LogP contribution < -0.4 is 5.32 Å². The molecule has 3 aromatic rings. The second kappa shape index (κ2) is 11.2. The van der Waals surface area contributed by atoms with Crippen LogP contribution in [0.1, 0.15) is 22.3 Å². The van der Waals surface area contributed by atoms with Crippen LogP contribution in [0.4, 0.5) is 11.4 Å². The molecular weight excluding hydrogens is 486 g/mol. The number of thioether (sulfide) groups is 1. The normalized spacial score (nSPS) is 16.7. The van der Waals surface area contributed by atoms with Crippen molar-refractivity contribution in [2.75, 3.05) is 12.4 Å². The highest BCUT2D eigenvalue weighted by Crippen LogP contribution is 2.31. The van der Waals surface area contributed by atoms with Gasteiger partial charge in [0.25, 0.3) is 0 Å². The van der Waals surface area contributed by atoms with Gasteiger partial charge < -0.3 is 10.1 Å². The summed E-state index contributed by atoms with van der Waals surface area (Å²) in [5, 5.41) is 3.17. The Bertz CT molecular complexity index is 1250. The number of nitrogens with one attached hydrogen (secondary N) is 1. The number of aliphatic imine (C=N–C) groups is 1. The lowest BCUT2D eigenvalue weighted by Crippen LogP contribution is -2.44. The summed E-state index contributed by atoms with van der Waals surface area (Å²) >= 11 is 7.23. The highest BCUT2D eigenvalue weighted by Gasteiger charge is 2.36. The van der Waals surface area contributed by atoms with Gasteiger partial charge in [0.05, 0.1) is 24.9 Å². The quantitative estimate of drug-likeness (QED) is 0.458. The summed E-state index contributed by atoms with van der Waals surface area (Å²) in [7, 11) is 1.31. The number of anilines is 1. The molecule has 4 rings (SSSR count). The van der Waals surface area contributed by atoms with Gasteiger partial charge in [0.2, 0.25) is 11.8 Å². The van der Waals surface area contributed by atoms with Crippen LogP contribution in [0.3, 0.4) is 0 Å².